The minimum atomic E-state index is -3.55. The fourth-order valence-electron chi connectivity index (χ4n) is 2.27. The minimum Gasteiger partial charge on any atom is -0.342 e. The number of likely N-dealkylation sites (tertiary alicyclic amines) is 1. The molecule has 0 aliphatic carbocycles. The fourth-order valence-corrected chi connectivity index (χ4v) is 4.28. The summed E-state index contributed by atoms with van der Waals surface area (Å²) in [6, 6.07) is 3.21. The number of hydrogen-bond acceptors (Lipinski definition) is 4. The Kier molecular flexibility index (Phi) is 5.17. The van der Waals surface area contributed by atoms with Gasteiger partial charge in [0.25, 0.3) is 10.0 Å². The van der Waals surface area contributed by atoms with Crippen molar-refractivity contribution in [2.45, 2.75) is 30.4 Å². The van der Waals surface area contributed by atoms with Crippen LogP contribution < -0.4 is 4.72 Å². The predicted molar refractivity (Wildman–Crippen MR) is 79.1 cm³/mol. The third kappa shape index (κ3) is 4.04. The van der Waals surface area contributed by atoms with Gasteiger partial charge in [-0.2, -0.15) is 0 Å². The van der Waals surface area contributed by atoms with Gasteiger partial charge in [-0.25, -0.2) is 13.1 Å². The Morgan fingerprint density at radius 1 is 1.45 bits per heavy atom. The Hall–Kier alpha value is -0.920. The van der Waals surface area contributed by atoms with Crippen molar-refractivity contribution in [3.8, 4) is 0 Å². The maximum Gasteiger partial charge on any atom is 0.250 e. The molecule has 0 saturated carbocycles. The van der Waals surface area contributed by atoms with Crippen molar-refractivity contribution in [3.63, 3.8) is 0 Å². The van der Waals surface area contributed by atoms with E-state index in [0.717, 1.165) is 43.7 Å². The van der Waals surface area contributed by atoms with Crippen LogP contribution in [0.2, 0.25) is 0 Å². The van der Waals surface area contributed by atoms with Gasteiger partial charge < -0.3 is 4.90 Å². The monoisotopic (exact) mass is 316 g/mol. The van der Waals surface area contributed by atoms with E-state index in [1.54, 1.807) is 16.3 Å². The number of nitrogens with one attached hydrogen (secondary N) is 1. The largest absolute Gasteiger partial charge is 0.342 e. The lowest BCUT2D eigenvalue weighted by atomic mass is 10.0. The van der Waals surface area contributed by atoms with Gasteiger partial charge in [0.05, 0.1) is 6.54 Å². The SMILES string of the molecule is C[C@H]1CCCN(C(=O)CNS(=O)(=O)c2cccs2)CC1. The smallest absolute Gasteiger partial charge is 0.250 e. The van der Waals surface area contributed by atoms with E-state index in [0.29, 0.717) is 5.92 Å². The second-order valence-electron chi connectivity index (χ2n) is 5.17. The van der Waals surface area contributed by atoms with Gasteiger partial charge in [0.1, 0.15) is 4.21 Å². The van der Waals surface area contributed by atoms with Crippen LogP contribution in [0.15, 0.2) is 21.7 Å². The van der Waals surface area contributed by atoms with Crippen molar-refractivity contribution in [2.75, 3.05) is 19.6 Å². The highest BCUT2D eigenvalue weighted by atomic mass is 32.2. The molecule has 0 spiro atoms. The maximum absolute atomic E-state index is 12.1. The third-order valence-electron chi connectivity index (χ3n) is 3.54. The molecule has 1 atom stereocenters. The van der Waals surface area contributed by atoms with Gasteiger partial charge in [0.15, 0.2) is 0 Å². The first-order chi connectivity index (χ1) is 9.49. The summed E-state index contributed by atoms with van der Waals surface area (Å²) in [6.45, 7) is 3.48. The number of carbonyl (C=O) groups excluding carboxylic acids is 1. The average Bonchev–Trinajstić information content (AvgIpc) is 2.87. The lowest BCUT2D eigenvalue weighted by molar-refractivity contribution is -0.129. The van der Waals surface area contributed by atoms with Gasteiger partial charge in [-0.3, -0.25) is 4.79 Å². The highest BCUT2D eigenvalue weighted by Crippen LogP contribution is 2.17. The molecule has 0 radical (unpaired) electrons. The second kappa shape index (κ2) is 6.69. The second-order valence-corrected chi connectivity index (χ2v) is 8.11. The highest BCUT2D eigenvalue weighted by molar-refractivity contribution is 7.91. The van der Waals surface area contributed by atoms with Gasteiger partial charge >= 0.3 is 0 Å². The lowest BCUT2D eigenvalue weighted by Crippen LogP contribution is -2.40. The molecule has 1 fully saturated rings. The molecule has 1 amide bonds. The molecule has 1 N–H and O–H groups in total. The van der Waals surface area contributed by atoms with Crippen LogP contribution in [-0.4, -0.2) is 38.9 Å². The van der Waals surface area contributed by atoms with E-state index in [1.165, 1.54) is 6.07 Å². The third-order valence-corrected chi connectivity index (χ3v) is 6.34. The molecule has 1 aliphatic heterocycles. The molecular formula is C13H20N2O3S2. The van der Waals surface area contributed by atoms with E-state index in [4.69, 9.17) is 0 Å². The van der Waals surface area contributed by atoms with E-state index in [-0.39, 0.29) is 16.7 Å². The summed E-state index contributed by atoms with van der Waals surface area (Å²) in [7, 11) is -3.55. The number of carbonyl (C=O) groups is 1. The van der Waals surface area contributed by atoms with Crippen LogP contribution in [0.1, 0.15) is 26.2 Å². The Morgan fingerprint density at radius 2 is 2.25 bits per heavy atom. The normalized spacial score (nSPS) is 20.6. The van der Waals surface area contributed by atoms with Crippen LogP contribution in [0.3, 0.4) is 0 Å². The van der Waals surface area contributed by atoms with Crippen LogP contribution in [0.5, 0.6) is 0 Å². The van der Waals surface area contributed by atoms with Gasteiger partial charge in [-0.15, -0.1) is 11.3 Å². The molecule has 1 aromatic rings. The number of amides is 1. The van der Waals surface area contributed by atoms with E-state index in [2.05, 4.69) is 11.6 Å². The first-order valence-corrected chi connectivity index (χ1v) is 9.16. The Morgan fingerprint density at radius 3 is 2.95 bits per heavy atom. The number of thiophene rings is 1. The summed E-state index contributed by atoms with van der Waals surface area (Å²) in [6.07, 6.45) is 3.11. The Bertz CT molecular complexity index is 540. The molecule has 20 heavy (non-hydrogen) atoms. The summed E-state index contributed by atoms with van der Waals surface area (Å²) in [5.74, 6) is 0.495. The molecule has 0 unspecified atom stereocenters. The molecule has 0 bridgehead atoms. The number of sulfonamides is 1. The van der Waals surface area contributed by atoms with Crippen LogP contribution in [0, 0.1) is 5.92 Å². The summed E-state index contributed by atoms with van der Waals surface area (Å²) < 4.78 is 26.5. The predicted octanol–water partition coefficient (Wildman–Crippen LogP) is 1.68. The molecule has 1 aromatic heterocycles. The molecule has 7 heteroatoms. The zero-order valence-electron chi connectivity index (χ0n) is 11.5. The molecular weight excluding hydrogens is 296 g/mol. The lowest BCUT2D eigenvalue weighted by Gasteiger charge is -2.20. The molecule has 2 rings (SSSR count). The summed E-state index contributed by atoms with van der Waals surface area (Å²) >= 11 is 1.15. The van der Waals surface area contributed by atoms with Crippen molar-refractivity contribution in [3.05, 3.63) is 17.5 Å². The van der Waals surface area contributed by atoms with Gasteiger partial charge in [-0.05, 0) is 36.6 Å². The quantitative estimate of drug-likeness (QED) is 0.919. The minimum absolute atomic E-state index is 0.140. The number of hydrogen-bond donors (Lipinski definition) is 1. The molecule has 5 nitrogen and oxygen atoms in total. The van der Waals surface area contributed by atoms with Crippen LogP contribution >= 0.6 is 11.3 Å². The maximum atomic E-state index is 12.1. The molecule has 2 heterocycles. The van der Waals surface area contributed by atoms with Gasteiger partial charge in [0.2, 0.25) is 5.91 Å². The molecule has 1 saturated heterocycles. The Labute approximate surface area is 124 Å². The van der Waals surface area contributed by atoms with Crippen molar-refractivity contribution in [1.29, 1.82) is 0 Å². The molecule has 0 aromatic carbocycles. The topological polar surface area (TPSA) is 66.5 Å². The van der Waals surface area contributed by atoms with Gasteiger partial charge in [-0.1, -0.05) is 13.0 Å². The summed E-state index contributed by atoms with van der Waals surface area (Å²) in [4.78, 5) is 13.8. The van der Waals surface area contributed by atoms with Crippen LogP contribution in [0.4, 0.5) is 0 Å². The molecule has 112 valence electrons. The van der Waals surface area contributed by atoms with Crippen molar-refractivity contribution in [2.24, 2.45) is 5.92 Å². The fraction of sp³-hybridized carbons (Fsp3) is 0.615. The van der Waals surface area contributed by atoms with Crippen molar-refractivity contribution < 1.29 is 13.2 Å². The van der Waals surface area contributed by atoms with E-state index in [9.17, 15) is 13.2 Å². The summed E-state index contributed by atoms with van der Waals surface area (Å²) in [5, 5.41) is 1.70. The Balaban J connectivity index is 1.89. The standard InChI is InChI=1S/C13H20N2O3S2/c1-11-4-2-7-15(8-6-11)12(16)10-14-20(17,18)13-5-3-9-19-13/h3,5,9,11,14H,2,4,6-8,10H2,1H3/t11-/m0/s1. The average molecular weight is 316 g/mol. The number of rotatable bonds is 4. The highest BCUT2D eigenvalue weighted by Gasteiger charge is 2.21. The zero-order valence-corrected chi connectivity index (χ0v) is 13.2. The van der Waals surface area contributed by atoms with E-state index < -0.39 is 10.0 Å². The molecule has 1 aliphatic rings. The number of nitrogens with zero attached hydrogens (tertiary/aromatic N) is 1. The first kappa shape index (κ1) is 15.5. The van der Waals surface area contributed by atoms with E-state index in [1.807, 2.05) is 0 Å². The van der Waals surface area contributed by atoms with Crippen LogP contribution in [-0.2, 0) is 14.8 Å². The van der Waals surface area contributed by atoms with Crippen LogP contribution in [0.25, 0.3) is 0 Å². The summed E-state index contributed by atoms with van der Waals surface area (Å²) in [5.41, 5.74) is 0. The van der Waals surface area contributed by atoms with Gasteiger partial charge in [0, 0.05) is 13.1 Å². The zero-order chi connectivity index (χ0) is 14.6. The van der Waals surface area contributed by atoms with Crippen molar-refractivity contribution in [1.82, 2.24) is 9.62 Å². The van der Waals surface area contributed by atoms with Crippen molar-refractivity contribution >= 4 is 27.3 Å². The van der Waals surface area contributed by atoms with E-state index >= 15 is 0 Å². The first-order valence-electron chi connectivity index (χ1n) is 6.80.